The number of rotatable bonds is 4. The molecule has 0 aromatic heterocycles. The third-order valence-electron chi connectivity index (χ3n) is 4.38. The first kappa shape index (κ1) is 19.7. The van der Waals surface area contributed by atoms with Crippen molar-refractivity contribution in [3.63, 3.8) is 0 Å². The summed E-state index contributed by atoms with van der Waals surface area (Å²) in [6, 6.07) is 12.7. The zero-order valence-electron chi connectivity index (χ0n) is 15.4. The van der Waals surface area contributed by atoms with E-state index in [1.54, 1.807) is 36.4 Å². The van der Waals surface area contributed by atoms with Crippen LogP contribution in [-0.4, -0.2) is 41.9 Å². The lowest BCUT2D eigenvalue weighted by atomic mass is 10.1. The highest BCUT2D eigenvalue weighted by atomic mass is 35.5. The number of nitrogens with one attached hydrogen (secondary N) is 3. The van der Waals surface area contributed by atoms with Gasteiger partial charge in [-0.2, -0.15) is 0 Å². The van der Waals surface area contributed by atoms with Crippen LogP contribution in [0.2, 0.25) is 5.02 Å². The maximum absolute atomic E-state index is 12.7. The van der Waals surface area contributed by atoms with Gasteiger partial charge in [-0.25, -0.2) is 4.79 Å². The van der Waals surface area contributed by atoms with Gasteiger partial charge >= 0.3 is 6.03 Å². The van der Waals surface area contributed by atoms with Crippen LogP contribution in [-0.2, 0) is 9.59 Å². The number of hydrogen-bond donors (Lipinski definition) is 3. The highest BCUT2D eigenvalue weighted by Crippen LogP contribution is 2.18. The fourth-order valence-electron chi connectivity index (χ4n) is 2.95. The predicted octanol–water partition coefficient (Wildman–Crippen LogP) is 3.01. The lowest BCUT2D eigenvalue weighted by Crippen LogP contribution is -2.59. The topological polar surface area (TPSA) is 90.5 Å². The van der Waals surface area contributed by atoms with Crippen molar-refractivity contribution in [3.05, 3.63) is 59.1 Å². The fraction of sp³-hybridized carbons (Fsp3) is 0.250. The van der Waals surface area contributed by atoms with Crippen molar-refractivity contribution in [1.29, 1.82) is 0 Å². The van der Waals surface area contributed by atoms with Gasteiger partial charge < -0.3 is 20.9 Å². The Hall–Kier alpha value is -3.06. The number of aryl methyl sites for hydroxylation is 1. The SMILES string of the molecule is Cc1ccc(NC(=O)C[C@H]2C(=O)NCCN2C(=O)Nc2cccc(Cl)c2)cc1. The molecule has 1 saturated heterocycles. The average molecular weight is 401 g/mol. The maximum Gasteiger partial charge on any atom is 0.322 e. The minimum Gasteiger partial charge on any atom is -0.353 e. The van der Waals surface area contributed by atoms with Crippen LogP contribution in [0.15, 0.2) is 48.5 Å². The van der Waals surface area contributed by atoms with Crippen LogP contribution in [0.1, 0.15) is 12.0 Å². The van der Waals surface area contributed by atoms with Crippen LogP contribution in [0.25, 0.3) is 0 Å². The summed E-state index contributed by atoms with van der Waals surface area (Å²) in [5.74, 6) is -0.696. The summed E-state index contributed by atoms with van der Waals surface area (Å²) in [4.78, 5) is 38.8. The molecule has 28 heavy (non-hydrogen) atoms. The lowest BCUT2D eigenvalue weighted by Gasteiger charge is -2.34. The third-order valence-corrected chi connectivity index (χ3v) is 4.62. The van der Waals surface area contributed by atoms with Crippen molar-refractivity contribution >= 4 is 40.8 Å². The Morgan fingerprint density at radius 3 is 2.61 bits per heavy atom. The molecule has 1 fully saturated rings. The highest BCUT2D eigenvalue weighted by Gasteiger charge is 2.34. The fourth-order valence-corrected chi connectivity index (χ4v) is 3.14. The summed E-state index contributed by atoms with van der Waals surface area (Å²) in [6.45, 7) is 2.59. The second kappa shape index (κ2) is 8.75. The van der Waals surface area contributed by atoms with Gasteiger partial charge in [0.1, 0.15) is 6.04 Å². The molecule has 7 nitrogen and oxygen atoms in total. The number of benzene rings is 2. The van der Waals surface area contributed by atoms with Gasteiger partial charge in [-0.3, -0.25) is 9.59 Å². The quantitative estimate of drug-likeness (QED) is 0.736. The number of piperazine rings is 1. The van der Waals surface area contributed by atoms with Gasteiger partial charge in [0.05, 0.1) is 6.42 Å². The molecule has 146 valence electrons. The number of urea groups is 1. The third kappa shape index (κ3) is 5.01. The Bertz CT molecular complexity index is 885. The van der Waals surface area contributed by atoms with Crippen LogP contribution in [0.3, 0.4) is 0 Å². The van der Waals surface area contributed by atoms with Gasteiger partial charge in [0.2, 0.25) is 11.8 Å². The first-order valence-corrected chi connectivity index (χ1v) is 9.27. The molecule has 4 amide bonds. The Labute approximate surface area is 168 Å². The second-order valence-electron chi connectivity index (χ2n) is 6.56. The molecule has 0 spiro atoms. The summed E-state index contributed by atoms with van der Waals surface area (Å²) in [7, 11) is 0. The van der Waals surface area contributed by atoms with Crippen molar-refractivity contribution in [1.82, 2.24) is 10.2 Å². The molecule has 1 heterocycles. The van der Waals surface area contributed by atoms with Crippen LogP contribution >= 0.6 is 11.6 Å². The van der Waals surface area contributed by atoms with E-state index in [2.05, 4.69) is 16.0 Å². The molecule has 1 aliphatic rings. The Morgan fingerprint density at radius 2 is 1.89 bits per heavy atom. The molecule has 1 atom stereocenters. The molecule has 0 bridgehead atoms. The molecule has 1 aliphatic heterocycles. The number of anilines is 2. The smallest absolute Gasteiger partial charge is 0.322 e. The van der Waals surface area contributed by atoms with E-state index in [1.165, 1.54) is 4.90 Å². The Balaban J connectivity index is 1.67. The molecular formula is C20H21ClN4O3. The predicted molar refractivity (Wildman–Crippen MR) is 108 cm³/mol. The van der Waals surface area contributed by atoms with E-state index in [4.69, 9.17) is 11.6 Å². The number of halogens is 1. The Kier molecular flexibility index (Phi) is 6.16. The number of carbonyl (C=O) groups is 3. The lowest BCUT2D eigenvalue weighted by molar-refractivity contribution is -0.130. The summed E-state index contributed by atoms with van der Waals surface area (Å²) in [5.41, 5.74) is 2.24. The Morgan fingerprint density at radius 1 is 1.14 bits per heavy atom. The van der Waals surface area contributed by atoms with Crippen molar-refractivity contribution < 1.29 is 14.4 Å². The minimum atomic E-state index is -0.890. The second-order valence-corrected chi connectivity index (χ2v) is 7.00. The van der Waals surface area contributed by atoms with Crippen molar-refractivity contribution in [2.24, 2.45) is 0 Å². The van der Waals surface area contributed by atoms with Crippen LogP contribution < -0.4 is 16.0 Å². The molecule has 0 radical (unpaired) electrons. The van der Waals surface area contributed by atoms with Crippen molar-refractivity contribution in [3.8, 4) is 0 Å². The van der Waals surface area contributed by atoms with Crippen LogP contribution in [0.4, 0.5) is 16.2 Å². The van der Waals surface area contributed by atoms with Crippen LogP contribution in [0.5, 0.6) is 0 Å². The molecule has 3 N–H and O–H groups in total. The average Bonchev–Trinajstić information content (AvgIpc) is 2.65. The summed E-state index contributed by atoms with van der Waals surface area (Å²) >= 11 is 5.94. The van der Waals surface area contributed by atoms with Crippen LogP contribution in [0, 0.1) is 6.92 Å². The van der Waals surface area contributed by atoms with Gasteiger partial charge in [-0.05, 0) is 37.3 Å². The minimum absolute atomic E-state index is 0.136. The largest absolute Gasteiger partial charge is 0.353 e. The molecule has 2 aromatic rings. The summed E-state index contributed by atoms with van der Waals surface area (Å²) < 4.78 is 0. The first-order valence-electron chi connectivity index (χ1n) is 8.90. The van der Waals surface area contributed by atoms with E-state index in [0.29, 0.717) is 29.5 Å². The molecule has 3 rings (SSSR count). The van der Waals surface area contributed by atoms with Crippen molar-refractivity contribution in [2.75, 3.05) is 23.7 Å². The summed E-state index contributed by atoms with van der Waals surface area (Å²) in [6.07, 6.45) is -0.136. The molecule has 0 aliphatic carbocycles. The van der Waals surface area contributed by atoms with Gasteiger partial charge in [-0.15, -0.1) is 0 Å². The van der Waals surface area contributed by atoms with E-state index in [1.807, 2.05) is 19.1 Å². The number of amides is 4. The van der Waals surface area contributed by atoms with E-state index >= 15 is 0 Å². The van der Waals surface area contributed by atoms with E-state index < -0.39 is 12.1 Å². The van der Waals surface area contributed by atoms with E-state index in [-0.39, 0.29) is 18.2 Å². The monoisotopic (exact) mass is 400 g/mol. The van der Waals surface area contributed by atoms with Gasteiger partial charge in [0.25, 0.3) is 0 Å². The van der Waals surface area contributed by atoms with Gasteiger partial charge in [0, 0.05) is 29.5 Å². The maximum atomic E-state index is 12.7. The number of hydrogen-bond acceptors (Lipinski definition) is 3. The van der Waals surface area contributed by atoms with E-state index in [0.717, 1.165) is 5.56 Å². The highest BCUT2D eigenvalue weighted by molar-refractivity contribution is 6.30. The zero-order chi connectivity index (χ0) is 20.1. The molecular weight excluding hydrogens is 380 g/mol. The normalized spacial score (nSPS) is 16.3. The molecule has 0 saturated carbocycles. The zero-order valence-corrected chi connectivity index (χ0v) is 16.1. The summed E-state index contributed by atoms with van der Waals surface area (Å²) in [5, 5.41) is 8.68. The standard InChI is InChI=1S/C20H21ClN4O3/c1-13-5-7-15(8-6-13)23-18(26)12-17-19(27)22-9-10-25(17)20(28)24-16-4-2-3-14(21)11-16/h2-8,11,17H,9-10,12H2,1H3,(H,22,27)(H,23,26)(H,24,28)/t17-/m0/s1. The first-order chi connectivity index (χ1) is 13.4. The number of carbonyl (C=O) groups excluding carboxylic acids is 3. The number of nitrogens with zero attached hydrogens (tertiary/aromatic N) is 1. The van der Waals surface area contributed by atoms with Gasteiger partial charge in [0.15, 0.2) is 0 Å². The van der Waals surface area contributed by atoms with Gasteiger partial charge in [-0.1, -0.05) is 35.4 Å². The van der Waals surface area contributed by atoms with Crippen molar-refractivity contribution in [2.45, 2.75) is 19.4 Å². The molecule has 2 aromatic carbocycles. The van der Waals surface area contributed by atoms with E-state index in [9.17, 15) is 14.4 Å². The molecule has 0 unspecified atom stereocenters. The molecule has 8 heteroatoms.